The Morgan fingerprint density at radius 2 is 1.73 bits per heavy atom. The molecule has 5 rings (SSSR count). The summed E-state index contributed by atoms with van der Waals surface area (Å²) in [7, 11) is 0. The SMILES string of the molecule is O=C1CCN(c2cccc(-c3ccc(N4C(=O)NCC45CCC5)cc3)c2Cl)C(=O)N1. The lowest BCUT2D eigenvalue weighted by Gasteiger charge is -2.44. The monoisotopic (exact) mass is 424 g/mol. The summed E-state index contributed by atoms with van der Waals surface area (Å²) in [6.45, 7) is 0.987. The number of nitrogens with one attached hydrogen (secondary N) is 2. The number of halogens is 1. The second-order valence-electron chi connectivity index (χ2n) is 8.01. The Hall–Kier alpha value is -3.06. The van der Waals surface area contributed by atoms with Gasteiger partial charge in [0.05, 0.1) is 16.2 Å². The van der Waals surface area contributed by atoms with Gasteiger partial charge in [0.2, 0.25) is 5.91 Å². The van der Waals surface area contributed by atoms with Gasteiger partial charge >= 0.3 is 12.1 Å². The van der Waals surface area contributed by atoms with E-state index in [2.05, 4.69) is 10.6 Å². The maximum Gasteiger partial charge on any atom is 0.328 e. The van der Waals surface area contributed by atoms with Crippen molar-refractivity contribution in [3.05, 3.63) is 47.5 Å². The number of rotatable bonds is 3. The van der Waals surface area contributed by atoms with Crippen LogP contribution >= 0.6 is 11.6 Å². The predicted octanol–water partition coefficient (Wildman–Crippen LogP) is 3.91. The van der Waals surface area contributed by atoms with E-state index in [4.69, 9.17) is 11.6 Å². The van der Waals surface area contributed by atoms with Gasteiger partial charge in [-0.1, -0.05) is 35.9 Å². The molecule has 2 aromatic carbocycles. The van der Waals surface area contributed by atoms with Crippen molar-refractivity contribution in [2.75, 3.05) is 22.9 Å². The van der Waals surface area contributed by atoms with E-state index < -0.39 is 6.03 Å². The van der Waals surface area contributed by atoms with Crippen LogP contribution < -0.4 is 20.4 Å². The molecule has 8 heteroatoms. The van der Waals surface area contributed by atoms with E-state index in [1.807, 2.05) is 41.3 Å². The van der Waals surface area contributed by atoms with Crippen molar-refractivity contribution in [2.45, 2.75) is 31.2 Å². The van der Waals surface area contributed by atoms with Crippen molar-refractivity contribution in [3.8, 4) is 11.1 Å². The standard InChI is InChI=1S/C22H21ClN4O3/c23-19-16(3-1-4-17(19)26-12-9-18(28)25-21(26)30)14-5-7-15(8-6-14)27-20(29)24-13-22(27)10-2-11-22/h1,3-8H,2,9-13H2,(H,24,29)(H,25,28,30). The average molecular weight is 425 g/mol. The van der Waals surface area contributed by atoms with Crippen LogP contribution in [0.2, 0.25) is 5.02 Å². The van der Waals surface area contributed by atoms with Gasteiger partial charge in [-0.3, -0.25) is 19.9 Å². The van der Waals surface area contributed by atoms with E-state index in [-0.39, 0.29) is 23.9 Å². The summed E-state index contributed by atoms with van der Waals surface area (Å²) >= 11 is 6.66. The molecule has 0 unspecified atom stereocenters. The van der Waals surface area contributed by atoms with Crippen LogP contribution in [0.1, 0.15) is 25.7 Å². The van der Waals surface area contributed by atoms with Gasteiger partial charge in [-0.15, -0.1) is 0 Å². The molecule has 1 aliphatic carbocycles. The first-order chi connectivity index (χ1) is 14.5. The maximum absolute atomic E-state index is 12.4. The third kappa shape index (κ3) is 2.92. The van der Waals surface area contributed by atoms with Gasteiger partial charge in [0, 0.05) is 30.8 Å². The molecule has 7 nitrogen and oxygen atoms in total. The number of carbonyl (C=O) groups excluding carboxylic acids is 3. The molecule has 3 aliphatic rings. The highest BCUT2D eigenvalue weighted by Gasteiger charge is 2.50. The fourth-order valence-electron chi connectivity index (χ4n) is 4.53. The molecule has 0 bridgehead atoms. The van der Waals surface area contributed by atoms with Gasteiger partial charge in [0.1, 0.15) is 0 Å². The van der Waals surface area contributed by atoms with Crippen LogP contribution in [0.15, 0.2) is 42.5 Å². The minimum absolute atomic E-state index is 0.0480. The maximum atomic E-state index is 12.4. The van der Waals surface area contributed by atoms with E-state index in [1.165, 1.54) is 4.90 Å². The van der Waals surface area contributed by atoms with Crippen LogP contribution in [0.25, 0.3) is 11.1 Å². The van der Waals surface area contributed by atoms with Crippen LogP contribution in [0.3, 0.4) is 0 Å². The van der Waals surface area contributed by atoms with Gasteiger partial charge in [-0.25, -0.2) is 9.59 Å². The number of urea groups is 2. The summed E-state index contributed by atoms with van der Waals surface area (Å²) in [5.74, 6) is -0.283. The minimum Gasteiger partial charge on any atom is -0.335 e. The van der Waals surface area contributed by atoms with Crippen LogP contribution in [-0.2, 0) is 4.79 Å². The molecule has 2 heterocycles. The van der Waals surface area contributed by atoms with Crippen molar-refractivity contribution < 1.29 is 14.4 Å². The lowest BCUT2D eigenvalue weighted by molar-refractivity contribution is -0.120. The number of imide groups is 1. The average Bonchev–Trinajstić information content (AvgIpc) is 3.07. The first-order valence-electron chi connectivity index (χ1n) is 10.1. The van der Waals surface area contributed by atoms with Crippen molar-refractivity contribution >= 4 is 40.9 Å². The quantitative estimate of drug-likeness (QED) is 0.783. The molecule has 2 saturated heterocycles. The highest BCUT2D eigenvalue weighted by Crippen LogP contribution is 2.43. The lowest BCUT2D eigenvalue weighted by Crippen LogP contribution is -2.52. The predicted molar refractivity (Wildman–Crippen MR) is 115 cm³/mol. The van der Waals surface area contributed by atoms with E-state index in [9.17, 15) is 14.4 Å². The number of nitrogens with zero attached hydrogens (tertiary/aromatic N) is 2. The van der Waals surface area contributed by atoms with Crippen LogP contribution in [0.4, 0.5) is 21.0 Å². The molecule has 0 radical (unpaired) electrons. The summed E-state index contributed by atoms with van der Waals surface area (Å²) in [6, 6.07) is 12.8. The Morgan fingerprint density at radius 1 is 0.967 bits per heavy atom. The zero-order valence-corrected chi connectivity index (χ0v) is 17.0. The molecule has 3 fully saturated rings. The van der Waals surface area contributed by atoms with Crippen molar-refractivity contribution in [1.82, 2.24) is 10.6 Å². The Morgan fingerprint density at radius 3 is 2.40 bits per heavy atom. The second-order valence-corrected chi connectivity index (χ2v) is 8.39. The summed E-state index contributed by atoms with van der Waals surface area (Å²) in [6.07, 6.45) is 3.41. The number of hydrogen-bond acceptors (Lipinski definition) is 3. The molecule has 1 saturated carbocycles. The number of amides is 5. The molecule has 2 N–H and O–H groups in total. The number of carbonyl (C=O) groups is 3. The Labute approximate surface area is 179 Å². The fraction of sp³-hybridized carbons (Fsp3) is 0.318. The summed E-state index contributed by atoms with van der Waals surface area (Å²) in [4.78, 5) is 39.4. The van der Waals surface area contributed by atoms with Crippen molar-refractivity contribution in [3.63, 3.8) is 0 Å². The van der Waals surface area contributed by atoms with Gasteiger partial charge in [-0.05, 0) is 43.0 Å². The molecule has 5 amide bonds. The lowest BCUT2D eigenvalue weighted by atomic mass is 9.76. The first-order valence-corrected chi connectivity index (χ1v) is 10.4. The van der Waals surface area contributed by atoms with Gasteiger partial charge in [-0.2, -0.15) is 0 Å². The third-order valence-electron chi connectivity index (χ3n) is 6.29. The molecular weight excluding hydrogens is 404 g/mol. The van der Waals surface area contributed by atoms with E-state index >= 15 is 0 Å². The topological polar surface area (TPSA) is 81.8 Å². The fourth-order valence-corrected chi connectivity index (χ4v) is 4.86. The highest BCUT2D eigenvalue weighted by atomic mass is 35.5. The summed E-state index contributed by atoms with van der Waals surface area (Å²) in [5.41, 5.74) is 3.02. The number of anilines is 2. The molecule has 0 aromatic heterocycles. The second kappa shape index (κ2) is 7.02. The molecule has 154 valence electrons. The minimum atomic E-state index is -0.466. The number of hydrogen-bond donors (Lipinski definition) is 2. The molecule has 30 heavy (non-hydrogen) atoms. The van der Waals surface area contributed by atoms with Crippen LogP contribution in [0, 0.1) is 0 Å². The van der Waals surface area contributed by atoms with Crippen LogP contribution in [-0.4, -0.2) is 36.6 Å². The van der Waals surface area contributed by atoms with E-state index in [0.29, 0.717) is 23.8 Å². The normalized spacial score (nSPS) is 20.2. The van der Waals surface area contributed by atoms with E-state index in [1.54, 1.807) is 6.07 Å². The molecule has 1 spiro atoms. The Bertz CT molecular complexity index is 1050. The largest absolute Gasteiger partial charge is 0.335 e. The van der Waals surface area contributed by atoms with Crippen molar-refractivity contribution in [1.29, 1.82) is 0 Å². The van der Waals surface area contributed by atoms with Crippen molar-refractivity contribution in [2.24, 2.45) is 0 Å². The van der Waals surface area contributed by atoms with Gasteiger partial charge in [0.15, 0.2) is 0 Å². The Kier molecular flexibility index (Phi) is 4.43. The molecule has 2 aliphatic heterocycles. The highest BCUT2D eigenvalue weighted by molar-refractivity contribution is 6.36. The molecule has 0 atom stereocenters. The summed E-state index contributed by atoms with van der Waals surface area (Å²) in [5, 5.41) is 5.74. The molecule has 2 aromatic rings. The van der Waals surface area contributed by atoms with E-state index in [0.717, 1.165) is 36.1 Å². The van der Waals surface area contributed by atoms with Crippen LogP contribution in [0.5, 0.6) is 0 Å². The third-order valence-corrected chi connectivity index (χ3v) is 6.69. The molecular formula is C22H21ClN4O3. The van der Waals surface area contributed by atoms with Gasteiger partial charge in [0.25, 0.3) is 0 Å². The number of benzene rings is 2. The summed E-state index contributed by atoms with van der Waals surface area (Å²) < 4.78 is 0. The zero-order chi connectivity index (χ0) is 20.9. The Balaban J connectivity index is 1.45. The zero-order valence-electron chi connectivity index (χ0n) is 16.3. The first kappa shape index (κ1) is 18.9. The smallest absolute Gasteiger partial charge is 0.328 e. The van der Waals surface area contributed by atoms with Gasteiger partial charge < -0.3 is 5.32 Å².